The van der Waals surface area contributed by atoms with E-state index in [-0.39, 0.29) is 19.1 Å². The van der Waals surface area contributed by atoms with E-state index in [9.17, 15) is 4.79 Å². The van der Waals surface area contributed by atoms with Gasteiger partial charge in [0.25, 0.3) is 0 Å². The van der Waals surface area contributed by atoms with Crippen LogP contribution < -0.4 is 5.32 Å². The third-order valence-corrected chi connectivity index (χ3v) is 1.94. The SMILES string of the molecule is C[C@H](O)CNC(=O)COCc1ccccc1. The quantitative estimate of drug-likeness (QED) is 0.746. The second kappa shape index (κ2) is 6.98. The number of aliphatic hydroxyl groups excluding tert-OH is 1. The summed E-state index contributed by atoms with van der Waals surface area (Å²) < 4.78 is 5.22. The predicted molar refractivity (Wildman–Crippen MR) is 60.8 cm³/mol. The molecule has 16 heavy (non-hydrogen) atoms. The van der Waals surface area contributed by atoms with Crippen LogP contribution in [0.5, 0.6) is 0 Å². The molecule has 0 unspecified atom stereocenters. The molecule has 1 amide bonds. The lowest BCUT2D eigenvalue weighted by molar-refractivity contribution is -0.126. The first-order valence-corrected chi connectivity index (χ1v) is 5.25. The zero-order valence-corrected chi connectivity index (χ0v) is 9.35. The molecule has 0 aliphatic carbocycles. The van der Waals surface area contributed by atoms with Crippen LogP contribution in [0.3, 0.4) is 0 Å². The van der Waals surface area contributed by atoms with Gasteiger partial charge in [-0.25, -0.2) is 0 Å². The van der Waals surface area contributed by atoms with Crippen LogP contribution in [0.1, 0.15) is 12.5 Å². The molecule has 88 valence electrons. The molecule has 1 aromatic rings. The highest BCUT2D eigenvalue weighted by atomic mass is 16.5. The van der Waals surface area contributed by atoms with Crippen LogP contribution in [-0.2, 0) is 16.1 Å². The molecule has 0 bridgehead atoms. The Bertz CT molecular complexity index is 311. The minimum absolute atomic E-state index is 0.0155. The molecule has 4 heteroatoms. The van der Waals surface area contributed by atoms with Crippen molar-refractivity contribution in [2.75, 3.05) is 13.2 Å². The molecule has 2 N–H and O–H groups in total. The van der Waals surface area contributed by atoms with E-state index in [0.29, 0.717) is 6.61 Å². The number of rotatable bonds is 6. The molecule has 1 rings (SSSR count). The first-order valence-electron chi connectivity index (χ1n) is 5.25. The van der Waals surface area contributed by atoms with Crippen LogP contribution in [0.15, 0.2) is 30.3 Å². The van der Waals surface area contributed by atoms with Crippen LogP contribution in [-0.4, -0.2) is 30.3 Å². The molecular weight excluding hydrogens is 206 g/mol. The lowest BCUT2D eigenvalue weighted by Crippen LogP contribution is -2.33. The smallest absolute Gasteiger partial charge is 0.246 e. The van der Waals surface area contributed by atoms with Gasteiger partial charge in [-0.1, -0.05) is 30.3 Å². The van der Waals surface area contributed by atoms with Crippen LogP contribution in [0.4, 0.5) is 0 Å². The molecule has 1 aromatic carbocycles. The Morgan fingerprint density at radius 2 is 2.12 bits per heavy atom. The van der Waals surface area contributed by atoms with Crippen molar-refractivity contribution in [3.63, 3.8) is 0 Å². The van der Waals surface area contributed by atoms with Gasteiger partial charge in [0.15, 0.2) is 0 Å². The van der Waals surface area contributed by atoms with Gasteiger partial charge >= 0.3 is 0 Å². The predicted octanol–water partition coefficient (Wildman–Crippen LogP) is 0.700. The maximum absolute atomic E-state index is 11.2. The first-order chi connectivity index (χ1) is 7.68. The van der Waals surface area contributed by atoms with Gasteiger partial charge in [-0.2, -0.15) is 0 Å². The summed E-state index contributed by atoms with van der Waals surface area (Å²) in [6.07, 6.45) is -0.530. The van der Waals surface area contributed by atoms with Crippen LogP contribution >= 0.6 is 0 Å². The van der Waals surface area contributed by atoms with E-state index in [4.69, 9.17) is 9.84 Å². The summed E-state index contributed by atoms with van der Waals surface area (Å²) in [6, 6.07) is 9.65. The van der Waals surface area contributed by atoms with E-state index in [1.807, 2.05) is 30.3 Å². The molecule has 0 aliphatic rings. The molecule has 0 saturated carbocycles. The number of hydrogen-bond donors (Lipinski definition) is 2. The molecule has 0 aliphatic heterocycles. The summed E-state index contributed by atoms with van der Waals surface area (Å²) in [5, 5.41) is 11.5. The van der Waals surface area contributed by atoms with Crippen molar-refractivity contribution >= 4 is 5.91 Å². The average Bonchev–Trinajstić information content (AvgIpc) is 2.28. The topological polar surface area (TPSA) is 58.6 Å². The van der Waals surface area contributed by atoms with Crippen molar-refractivity contribution in [1.82, 2.24) is 5.32 Å². The second-order valence-electron chi connectivity index (χ2n) is 3.63. The minimum Gasteiger partial charge on any atom is -0.392 e. The summed E-state index contributed by atoms with van der Waals surface area (Å²) in [6.45, 7) is 2.31. The average molecular weight is 223 g/mol. The number of hydrogen-bond acceptors (Lipinski definition) is 3. The van der Waals surface area contributed by atoms with Crippen LogP contribution in [0.25, 0.3) is 0 Å². The number of carbonyl (C=O) groups excluding carboxylic acids is 1. The minimum atomic E-state index is -0.530. The maximum atomic E-state index is 11.2. The molecule has 0 saturated heterocycles. The Labute approximate surface area is 95.2 Å². The summed E-state index contributed by atoms with van der Waals surface area (Å²) >= 11 is 0. The standard InChI is InChI=1S/C12H17NO3/c1-10(14)7-13-12(15)9-16-8-11-5-3-2-4-6-11/h2-6,10,14H,7-9H2,1H3,(H,13,15)/t10-/m0/s1. The van der Waals surface area contributed by atoms with Crippen molar-refractivity contribution in [3.8, 4) is 0 Å². The van der Waals surface area contributed by atoms with Crippen molar-refractivity contribution < 1.29 is 14.6 Å². The maximum Gasteiger partial charge on any atom is 0.246 e. The Kier molecular flexibility index (Phi) is 5.53. The summed E-state index contributed by atoms with van der Waals surface area (Å²) in [5.41, 5.74) is 1.03. The largest absolute Gasteiger partial charge is 0.392 e. The van der Waals surface area contributed by atoms with Crippen molar-refractivity contribution in [1.29, 1.82) is 0 Å². The van der Waals surface area contributed by atoms with E-state index in [2.05, 4.69) is 5.32 Å². The van der Waals surface area contributed by atoms with Gasteiger partial charge in [0.2, 0.25) is 5.91 Å². The highest BCUT2D eigenvalue weighted by Gasteiger charge is 2.02. The van der Waals surface area contributed by atoms with Gasteiger partial charge in [-0.3, -0.25) is 4.79 Å². The third-order valence-electron chi connectivity index (χ3n) is 1.94. The number of aliphatic hydroxyl groups is 1. The monoisotopic (exact) mass is 223 g/mol. The van der Waals surface area contributed by atoms with E-state index < -0.39 is 6.10 Å². The van der Waals surface area contributed by atoms with Gasteiger partial charge in [0.1, 0.15) is 6.61 Å². The van der Waals surface area contributed by atoms with E-state index in [1.54, 1.807) is 6.92 Å². The molecule has 0 aromatic heterocycles. The van der Waals surface area contributed by atoms with Gasteiger partial charge < -0.3 is 15.2 Å². The molecule has 1 atom stereocenters. The Morgan fingerprint density at radius 1 is 1.44 bits per heavy atom. The van der Waals surface area contributed by atoms with Crippen molar-refractivity contribution in [3.05, 3.63) is 35.9 Å². The number of amides is 1. The molecule has 0 radical (unpaired) electrons. The lowest BCUT2D eigenvalue weighted by Gasteiger charge is -2.07. The zero-order chi connectivity index (χ0) is 11.8. The van der Waals surface area contributed by atoms with Gasteiger partial charge in [0.05, 0.1) is 12.7 Å². The molecule has 0 spiro atoms. The Balaban J connectivity index is 2.13. The summed E-state index contributed by atoms with van der Waals surface area (Å²) in [7, 11) is 0. The fourth-order valence-electron chi connectivity index (χ4n) is 1.15. The number of ether oxygens (including phenoxy) is 1. The highest BCUT2D eigenvalue weighted by Crippen LogP contribution is 1.99. The number of nitrogens with one attached hydrogen (secondary N) is 1. The molecule has 0 heterocycles. The van der Waals surface area contributed by atoms with Crippen molar-refractivity contribution in [2.45, 2.75) is 19.6 Å². The molecule has 0 fully saturated rings. The fourth-order valence-corrected chi connectivity index (χ4v) is 1.15. The fraction of sp³-hybridized carbons (Fsp3) is 0.417. The number of benzene rings is 1. The summed E-state index contributed by atoms with van der Waals surface area (Å²) in [4.78, 5) is 11.2. The first kappa shape index (κ1) is 12.7. The van der Waals surface area contributed by atoms with Crippen LogP contribution in [0, 0.1) is 0 Å². The van der Waals surface area contributed by atoms with Gasteiger partial charge in [-0.15, -0.1) is 0 Å². The Morgan fingerprint density at radius 3 is 2.75 bits per heavy atom. The van der Waals surface area contributed by atoms with Crippen molar-refractivity contribution in [2.24, 2.45) is 0 Å². The van der Waals surface area contributed by atoms with Gasteiger partial charge in [-0.05, 0) is 12.5 Å². The zero-order valence-electron chi connectivity index (χ0n) is 9.35. The third kappa shape index (κ3) is 5.48. The van der Waals surface area contributed by atoms with E-state index in [1.165, 1.54) is 0 Å². The summed E-state index contributed by atoms with van der Waals surface area (Å²) in [5.74, 6) is -0.211. The van der Waals surface area contributed by atoms with E-state index in [0.717, 1.165) is 5.56 Å². The lowest BCUT2D eigenvalue weighted by atomic mass is 10.2. The van der Waals surface area contributed by atoms with E-state index >= 15 is 0 Å². The van der Waals surface area contributed by atoms with Gasteiger partial charge in [0, 0.05) is 6.54 Å². The molecule has 4 nitrogen and oxygen atoms in total. The molecular formula is C12H17NO3. The Hall–Kier alpha value is -1.39. The second-order valence-corrected chi connectivity index (χ2v) is 3.63. The number of carbonyl (C=O) groups is 1. The highest BCUT2D eigenvalue weighted by molar-refractivity contribution is 5.77. The van der Waals surface area contributed by atoms with Crippen LogP contribution in [0.2, 0.25) is 0 Å². The normalized spacial score (nSPS) is 12.1.